The van der Waals surface area contributed by atoms with Crippen LogP contribution in [-0.4, -0.2) is 33.0 Å². The summed E-state index contributed by atoms with van der Waals surface area (Å²) in [5.41, 5.74) is -0.00465. The van der Waals surface area contributed by atoms with Gasteiger partial charge in [0.25, 0.3) is 5.91 Å². The molecule has 0 aliphatic heterocycles. The predicted octanol–water partition coefficient (Wildman–Crippen LogP) is 2.12. The molecule has 2 rings (SSSR count). The van der Waals surface area contributed by atoms with Gasteiger partial charge in [-0.05, 0) is 37.5 Å². The molecule has 1 amide bonds. The molecular weight excluding hydrogens is 270 g/mol. The molecule has 1 aliphatic carbocycles. The van der Waals surface area contributed by atoms with Gasteiger partial charge in [-0.15, -0.1) is 0 Å². The zero-order valence-electron chi connectivity index (χ0n) is 12.4. The summed E-state index contributed by atoms with van der Waals surface area (Å²) in [6.07, 6.45) is 6.54. The molecular formula is C15H21N3O3. The number of aromatic carboxylic acids is 1. The molecule has 1 aromatic heterocycles. The van der Waals surface area contributed by atoms with Crippen LogP contribution < -0.4 is 5.32 Å². The maximum atomic E-state index is 12.0. The van der Waals surface area contributed by atoms with Crippen molar-refractivity contribution in [1.82, 2.24) is 15.3 Å². The highest BCUT2D eigenvalue weighted by molar-refractivity contribution is 5.92. The highest BCUT2D eigenvalue weighted by Crippen LogP contribution is 2.29. The molecule has 2 N–H and O–H groups in total. The van der Waals surface area contributed by atoms with E-state index in [4.69, 9.17) is 5.11 Å². The topological polar surface area (TPSA) is 92.2 Å². The third-order valence-electron chi connectivity index (χ3n) is 4.15. The van der Waals surface area contributed by atoms with Crippen molar-refractivity contribution in [3.05, 3.63) is 23.8 Å². The summed E-state index contributed by atoms with van der Waals surface area (Å²) in [5.74, 6) is -0.00206. The van der Waals surface area contributed by atoms with E-state index in [9.17, 15) is 9.59 Å². The van der Waals surface area contributed by atoms with Crippen molar-refractivity contribution < 1.29 is 14.7 Å². The molecule has 0 aromatic carbocycles. The monoisotopic (exact) mass is 291 g/mol. The molecule has 21 heavy (non-hydrogen) atoms. The van der Waals surface area contributed by atoms with Crippen LogP contribution in [0.15, 0.2) is 12.4 Å². The number of carboxylic acids is 1. The molecule has 0 radical (unpaired) electrons. The molecule has 0 unspecified atom stereocenters. The number of hydrogen-bond donors (Lipinski definition) is 2. The van der Waals surface area contributed by atoms with Gasteiger partial charge in [-0.2, -0.15) is 0 Å². The lowest BCUT2D eigenvalue weighted by molar-refractivity contribution is 0.0688. The molecule has 1 aliphatic rings. The molecule has 1 heterocycles. The van der Waals surface area contributed by atoms with Gasteiger partial charge in [0.05, 0.1) is 12.4 Å². The molecule has 1 aromatic rings. The number of amides is 1. The SMILES string of the molecule is CC(C)C1CCC(NC(=O)c2cnc(C(=O)O)cn2)CC1. The minimum absolute atomic E-state index is 0.158. The fourth-order valence-electron chi connectivity index (χ4n) is 2.75. The Morgan fingerprint density at radius 3 is 2.19 bits per heavy atom. The highest BCUT2D eigenvalue weighted by Gasteiger charge is 2.24. The van der Waals surface area contributed by atoms with Crippen LogP contribution in [0.5, 0.6) is 0 Å². The molecule has 0 bridgehead atoms. The van der Waals surface area contributed by atoms with Crippen molar-refractivity contribution in [2.45, 2.75) is 45.6 Å². The van der Waals surface area contributed by atoms with Gasteiger partial charge in [-0.3, -0.25) is 4.79 Å². The Morgan fingerprint density at radius 1 is 1.14 bits per heavy atom. The molecule has 1 fully saturated rings. The Labute approximate surface area is 124 Å². The smallest absolute Gasteiger partial charge is 0.356 e. The van der Waals surface area contributed by atoms with Gasteiger partial charge >= 0.3 is 5.97 Å². The normalized spacial score (nSPS) is 22.0. The first-order chi connectivity index (χ1) is 9.97. The van der Waals surface area contributed by atoms with Crippen molar-refractivity contribution in [3.63, 3.8) is 0 Å². The third-order valence-corrected chi connectivity index (χ3v) is 4.15. The van der Waals surface area contributed by atoms with Crippen molar-refractivity contribution in [1.29, 1.82) is 0 Å². The summed E-state index contributed by atoms with van der Waals surface area (Å²) in [6, 6.07) is 0.174. The number of hydrogen-bond acceptors (Lipinski definition) is 4. The Morgan fingerprint density at radius 2 is 1.71 bits per heavy atom. The van der Waals surface area contributed by atoms with E-state index in [2.05, 4.69) is 29.1 Å². The van der Waals surface area contributed by atoms with Gasteiger partial charge in [-0.1, -0.05) is 13.8 Å². The van der Waals surface area contributed by atoms with E-state index in [0.717, 1.165) is 37.8 Å². The Hall–Kier alpha value is -1.98. The summed E-state index contributed by atoms with van der Waals surface area (Å²) in [5, 5.41) is 11.7. The average molecular weight is 291 g/mol. The Kier molecular flexibility index (Phi) is 4.88. The molecule has 6 nitrogen and oxygen atoms in total. The first kappa shape index (κ1) is 15.4. The molecule has 0 atom stereocenters. The second-order valence-electron chi connectivity index (χ2n) is 5.92. The van der Waals surface area contributed by atoms with Gasteiger partial charge in [0, 0.05) is 6.04 Å². The van der Waals surface area contributed by atoms with Crippen LogP contribution in [-0.2, 0) is 0 Å². The van der Waals surface area contributed by atoms with E-state index >= 15 is 0 Å². The zero-order chi connectivity index (χ0) is 15.4. The van der Waals surface area contributed by atoms with Crippen LogP contribution >= 0.6 is 0 Å². The maximum Gasteiger partial charge on any atom is 0.356 e. The lowest BCUT2D eigenvalue weighted by Gasteiger charge is -2.31. The summed E-state index contributed by atoms with van der Waals surface area (Å²) >= 11 is 0. The first-order valence-electron chi connectivity index (χ1n) is 7.33. The third kappa shape index (κ3) is 4.00. The van der Waals surface area contributed by atoms with Gasteiger partial charge in [0.1, 0.15) is 5.69 Å². The summed E-state index contributed by atoms with van der Waals surface area (Å²) < 4.78 is 0. The number of aromatic nitrogens is 2. The fourth-order valence-corrected chi connectivity index (χ4v) is 2.75. The fraction of sp³-hybridized carbons (Fsp3) is 0.600. The Balaban J connectivity index is 1.89. The summed E-state index contributed by atoms with van der Waals surface area (Å²) in [4.78, 5) is 30.3. The van der Waals surface area contributed by atoms with Gasteiger partial charge < -0.3 is 10.4 Å². The number of nitrogens with zero attached hydrogens (tertiary/aromatic N) is 2. The maximum absolute atomic E-state index is 12.0. The second-order valence-corrected chi connectivity index (χ2v) is 5.92. The number of nitrogens with one attached hydrogen (secondary N) is 1. The molecule has 6 heteroatoms. The Bertz CT molecular complexity index is 505. The van der Waals surface area contributed by atoms with Crippen LogP contribution in [0, 0.1) is 11.8 Å². The van der Waals surface area contributed by atoms with Gasteiger partial charge in [0.15, 0.2) is 5.69 Å². The van der Waals surface area contributed by atoms with Gasteiger partial charge in [0.2, 0.25) is 0 Å². The van der Waals surface area contributed by atoms with Crippen LogP contribution in [0.4, 0.5) is 0 Å². The number of carbonyl (C=O) groups is 2. The van der Waals surface area contributed by atoms with Crippen molar-refractivity contribution in [2.75, 3.05) is 0 Å². The minimum Gasteiger partial charge on any atom is -0.476 e. The van der Waals surface area contributed by atoms with Crippen LogP contribution in [0.1, 0.15) is 60.5 Å². The van der Waals surface area contributed by atoms with Crippen molar-refractivity contribution >= 4 is 11.9 Å². The second kappa shape index (κ2) is 6.65. The lowest BCUT2D eigenvalue weighted by atomic mass is 9.80. The predicted molar refractivity (Wildman–Crippen MR) is 77.0 cm³/mol. The van der Waals surface area contributed by atoms with Crippen LogP contribution in [0.2, 0.25) is 0 Å². The molecule has 0 saturated heterocycles. The van der Waals surface area contributed by atoms with E-state index in [1.165, 1.54) is 6.20 Å². The van der Waals surface area contributed by atoms with E-state index in [1.54, 1.807) is 0 Å². The minimum atomic E-state index is -1.15. The van der Waals surface area contributed by atoms with E-state index < -0.39 is 5.97 Å². The largest absolute Gasteiger partial charge is 0.476 e. The zero-order valence-corrected chi connectivity index (χ0v) is 12.4. The average Bonchev–Trinajstić information content (AvgIpc) is 2.47. The van der Waals surface area contributed by atoms with Crippen LogP contribution in [0.3, 0.4) is 0 Å². The first-order valence-corrected chi connectivity index (χ1v) is 7.33. The van der Waals surface area contributed by atoms with E-state index in [-0.39, 0.29) is 23.3 Å². The van der Waals surface area contributed by atoms with Crippen LogP contribution in [0.25, 0.3) is 0 Å². The molecule has 1 saturated carbocycles. The lowest BCUT2D eigenvalue weighted by Crippen LogP contribution is -2.38. The standard InChI is InChI=1S/C15H21N3O3/c1-9(2)10-3-5-11(6-4-10)18-14(19)12-7-17-13(8-16-12)15(20)21/h7-11H,3-6H2,1-2H3,(H,18,19)(H,20,21). The quantitative estimate of drug-likeness (QED) is 0.886. The number of carboxylic acid groups (broad SMARTS) is 1. The van der Waals surface area contributed by atoms with E-state index in [1.807, 2.05) is 0 Å². The summed E-state index contributed by atoms with van der Waals surface area (Å²) in [6.45, 7) is 4.48. The summed E-state index contributed by atoms with van der Waals surface area (Å²) in [7, 11) is 0. The van der Waals surface area contributed by atoms with Crippen molar-refractivity contribution in [3.8, 4) is 0 Å². The van der Waals surface area contributed by atoms with E-state index in [0.29, 0.717) is 5.92 Å². The van der Waals surface area contributed by atoms with Crippen molar-refractivity contribution in [2.24, 2.45) is 11.8 Å². The molecule has 114 valence electrons. The molecule has 0 spiro atoms. The highest BCUT2D eigenvalue weighted by atomic mass is 16.4. The number of rotatable bonds is 4. The van der Waals surface area contributed by atoms with Gasteiger partial charge in [-0.25, -0.2) is 14.8 Å². The number of carbonyl (C=O) groups excluding carboxylic acids is 1.